The molecule has 0 saturated heterocycles. The lowest BCUT2D eigenvalue weighted by atomic mass is 10.0. The van der Waals surface area contributed by atoms with Gasteiger partial charge in [-0.15, -0.1) is 0 Å². The maximum Gasteiger partial charge on any atom is 0.277 e. The van der Waals surface area contributed by atoms with Gasteiger partial charge in [-0.25, -0.2) is 4.99 Å². The molecule has 0 bridgehead atoms. The molecule has 3 amide bonds. The van der Waals surface area contributed by atoms with Crippen LogP contribution in [0.3, 0.4) is 0 Å². The molecule has 168 valence electrons. The quantitative estimate of drug-likeness (QED) is 0.119. The molecule has 0 unspecified atom stereocenters. The van der Waals surface area contributed by atoms with E-state index < -0.39 is 36.9 Å². The molecule has 0 saturated carbocycles. The van der Waals surface area contributed by atoms with Crippen molar-refractivity contribution in [1.29, 1.82) is 0 Å². The molecule has 0 aliphatic carbocycles. The number of nitrogens with one attached hydrogen (secondary N) is 2. The Morgan fingerprint density at radius 3 is 1.41 bits per heavy atom. The number of carbonyl (C=O) groups is 3. The highest BCUT2D eigenvalue weighted by molar-refractivity contribution is 6.65. The van der Waals surface area contributed by atoms with Gasteiger partial charge >= 0.3 is 0 Å². The molecule has 8 heteroatoms. The van der Waals surface area contributed by atoms with E-state index in [9.17, 15) is 14.4 Å². The first kappa shape index (κ1) is 27.2. The van der Waals surface area contributed by atoms with Crippen molar-refractivity contribution in [2.75, 3.05) is 13.5 Å². The molecule has 0 atom stereocenters. The van der Waals surface area contributed by atoms with Crippen molar-refractivity contribution >= 4 is 23.4 Å². The van der Waals surface area contributed by atoms with Crippen LogP contribution in [0.4, 0.5) is 0 Å². The molecule has 0 fully saturated rings. The number of amides is 3. The Bertz CT molecular complexity index is 475. The van der Waals surface area contributed by atoms with Crippen molar-refractivity contribution in [3.63, 3.8) is 0 Å². The van der Waals surface area contributed by atoms with Gasteiger partial charge in [0.15, 0.2) is 5.71 Å². The van der Waals surface area contributed by atoms with Crippen molar-refractivity contribution in [3.8, 4) is 0 Å². The third kappa shape index (κ3) is 15.8. The van der Waals surface area contributed by atoms with Crippen LogP contribution in [-0.2, 0) is 14.4 Å². The van der Waals surface area contributed by atoms with Crippen LogP contribution in [0.15, 0.2) is 4.99 Å². The van der Waals surface area contributed by atoms with E-state index in [0.717, 1.165) is 19.3 Å². The average molecular weight is 414 g/mol. The van der Waals surface area contributed by atoms with Crippen LogP contribution in [0.5, 0.6) is 0 Å². The van der Waals surface area contributed by atoms with E-state index in [4.69, 9.17) is 10.2 Å². The summed E-state index contributed by atoms with van der Waals surface area (Å²) in [7, 11) is 0. The van der Waals surface area contributed by atoms with Gasteiger partial charge in [0.05, 0.1) is 0 Å². The Morgan fingerprint density at radius 1 is 0.655 bits per heavy atom. The summed E-state index contributed by atoms with van der Waals surface area (Å²) in [5.41, 5.74) is -0.659. The summed E-state index contributed by atoms with van der Waals surface area (Å²) in [6.45, 7) is 0.865. The fraction of sp³-hybridized carbons (Fsp3) is 0.810. The first-order chi connectivity index (χ1) is 14.1. The highest BCUT2D eigenvalue weighted by atomic mass is 16.3. The number of hydrogen-bond donors (Lipinski definition) is 4. The lowest BCUT2D eigenvalue weighted by molar-refractivity contribution is -0.122. The third-order valence-electron chi connectivity index (χ3n) is 4.64. The number of aliphatic imine (C=N–C) groups is 1. The topological polar surface area (TPSA) is 128 Å². The summed E-state index contributed by atoms with van der Waals surface area (Å²) >= 11 is 0. The van der Waals surface area contributed by atoms with E-state index >= 15 is 0 Å². The monoisotopic (exact) mass is 413 g/mol. The van der Waals surface area contributed by atoms with Gasteiger partial charge in [0.2, 0.25) is 5.91 Å². The summed E-state index contributed by atoms with van der Waals surface area (Å²) < 4.78 is 0. The Morgan fingerprint density at radius 2 is 1.03 bits per heavy atom. The normalized spacial score (nSPS) is 10.4. The summed E-state index contributed by atoms with van der Waals surface area (Å²) in [6.07, 6.45) is 15.7. The minimum atomic E-state index is -0.961. The predicted octanol–water partition coefficient (Wildman–Crippen LogP) is 2.57. The molecular formula is C21H39N3O5. The molecule has 0 heterocycles. The zero-order chi connectivity index (χ0) is 21.7. The third-order valence-corrected chi connectivity index (χ3v) is 4.64. The van der Waals surface area contributed by atoms with Gasteiger partial charge < -0.3 is 20.8 Å². The Hall–Kier alpha value is -1.80. The van der Waals surface area contributed by atoms with E-state index in [1.165, 1.54) is 57.8 Å². The molecule has 0 aliphatic rings. The largest absolute Gasteiger partial charge is 0.376 e. The number of aliphatic hydroxyl groups is 2. The number of aliphatic hydroxyl groups excluding tert-OH is 2. The maximum atomic E-state index is 11.9. The number of carbonyl (C=O) groups excluding carboxylic acids is 3. The second-order valence-electron chi connectivity index (χ2n) is 7.17. The fourth-order valence-electron chi connectivity index (χ4n) is 2.99. The number of hydrogen-bond acceptors (Lipinski definition) is 5. The molecule has 8 nitrogen and oxygen atoms in total. The molecule has 0 aliphatic heterocycles. The lowest BCUT2D eigenvalue weighted by Crippen LogP contribution is -2.43. The summed E-state index contributed by atoms with van der Waals surface area (Å²) in [6, 6.07) is 0. The maximum absolute atomic E-state index is 11.9. The van der Waals surface area contributed by atoms with Crippen molar-refractivity contribution in [2.45, 2.75) is 96.8 Å². The van der Waals surface area contributed by atoms with Crippen molar-refractivity contribution in [3.05, 3.63) is 0 Å². The molecule has 29 heavy (non-hydrogen) atoms. The molecule has 0 rings (SSSR count). The number of unbranched alkanes of at least 4 members (excludes halogenated alkanes) is 12. The van der Waals surface area contributed by atoms with E-state index in [1.807, 2.05) is 10.6 Å². The van der Waals surface area contributed by atoms with E-state index in [2.05, 4.69) is 11.9 Å². The summed E-state index contributed by atoms with van der Waals surface area (Å²) in [5, 5.41) is 21.4. The molecule has 0 aromatic rings. The van der Waals surface area contributed by atoms with E-state index in [0.29, 0.717) is 6.42 Å². The number of nitrogens with zero attached hydrogens (tertiary/aromatic N) is 1. The smallest absolute Gasteiger partial charge is 0.277 e. The Labute approximate surface area is 174 Å². The molecular weight excluding hydrogens is 374 g/mol. The Kier molecular flexibility index (Phi) is 18.3. The highest BCUT2D eigenvalue weighted by Crippen LogP contribution is 2.13. The summed E-state index contributed by atoms with van der Waals surface area (Å²) in [4.78, 5) is 38.8. The summed E-state index contributed by atoms with van der Waals surface area (Å²) in [5.74, 6) is -2.49. The lowest BCUT2D eigenvalue weighted by Gasteiger charge is -2.06. The molecule has 0 aromatic carbocycles. The van der Waals surface area contributed by atoms with Gasteiger partial charge in [-0.05, 0) is 6.42 Å². The molecule has 4 N–H and O–H groups in total. The van der Waals surface area contributed by atoms with Crippen molar-refractivity contribution in [1.82, 2.24) is 10.6 Å². The van der Waals surface area contributed by atoms with Crippen LogP contribution in [0.1, 0.15) is 96.8 Å². The van der Waals surface area contributed by atoms with Crippen LogP contribution < -0.4 is 10.6 Å². The minimum Gasteiger partial charge on any atom is -0.376 e. The van der Waals surface area contributed by atoms with E-state index in [-0.39, 0.29) is 6.42 Å². The SMILES string of the molecule is CCCCCCCCCCCCCCCC(=O)N=C(C(=O)NCO)C(=O)NCO. The second-order valence-corrected chi connectivity index (χ2v) is 7.17. The second kappa shape index (κ2) is 19.5. The predicted molar refractivity (Wildman–Crippen MR) is 113 cm³/mol. The van der Waals surface area contributed by atoms with Gasteiger partial charge in [0.1, 0.15) is 13.5 Å². The molecule has 0 radical (unpaired) electrons. The first-order valence-corrected chi connectivity index (χ1v) is 11.0. The fourth-order valence-corrected chi connectivity index (χ4v) is 2.99. The van der Waals surface area contributed by atoms with Crippen LogP contribution in [0, 0.1) is 0 Å². The first-order valence-electron chi connectivity index (χ1n) is 11.0. The van der Waals surface area contributed by atoms with Crippen LogP contribution >= 0.6 is 0 Å². The van der Waals surface area contributed by atoms with Gasteiger partial charge in [-0.2, -0.15) is 0 Å². The van der Waals surface area contributed by atoms with E-state index in [1.54, 1.807) is 0 Å². The Balaban J connectivity index is 3.88. The van der Waals surface area contributed by atoms with Gasteiger partial charge in [0, 0.05) is 6.42 Å². The zero-order valence-electron chi connectivity index (χ0n) is 17.9. The molecule has 0 spiro atoms. The van der Waals surface area contributed by atoms with Gasteiger partial charge in [0.25, 0.3) is 11.8 Å². The van der Waals surface area contributed by atoms with Crippen LogP contribution in [-0.4, -0.2) is 47.1 Å². The highest BCUT2D eigenvalue weighted by Gasteiger charge is 2.21. The molecule has 0 aromatic heterocycles. The van der Waals surface area contributed by atoms with Crippen molar-refractivity contribution < 1.29 is 24.6 Å². The van der Waals surface area contributed by atoms with Crippen LogP contribution in [0.25, 0.3) is 0 Å². The van der Waals surface area contributed by atoms with Gasteiger partial charge in [-0.3, -0.25) is 14.4 Å². The van der Waals surface area contributed by atoms with Gasteiger partial charge in [-0.1, -0.05) is 84.0 Å². The zero-order valence-corrected chi connectivity index (χ0v) is 17.9. The van der Waals surface area contributed by atoms with Crippen molar-refractivity contribution in [2.24, 2.45) is 4.99 Å². The van der Waals surface area contributed by atoms with Crippen LogP contribution in [0.2, 0.25) is 0 Å². The standard InChI is InChI=1S/C21H39N3O5/c1-2-3-4-5-6-7-8-9-10-11-12-13-14-15-18(27)24-19(20(28)22-16-25)21(29)23-17-26/h25-26H,2-17H2,1H3,(H,22,28)(H,23,29). The minimum absolute atomic E-state index is 0.153. The number of rotatable bonds is 18. The average Bonchev–Trinajstić information content (AvgIpc) is 2.70.